The van der Waals surface area contributed by atoms with Crippen LogP contribution in [0.4, 0.5) is 0 Å². The topological polar surface area (TPSA) is 24.7 Å². The maximum atomic E-state index is 4.06. The van der Waals surface area contributed by atoms with E-state index >= 15 is 0 Å². The third-order valence-electron chi connectivity index (χ3n) is 1.06. The first-order chi connectivity index (χ1) is 4.85. The molecule has 0 spiro atoms. The largest absolute Gasteiger partial charge is 0.249 e. The highest BCUT2D eigenvalue weighted by Gasteiger charge is 1.83. The molecule has 0 rings (SSSR count). The lowest BCUT2D eigenvalue weighted by Crippen LogP contribution is -1.86. The number of allylic oxidation sites excluding steroid dienone is 1. The molecule has 0 aliphatic carbocycles. The Bertz CT molecular complexity index is 145. The maximum Gasteiger partial charge on any atom is 0.127 e. The van der Waals surface area contributed by atoms with E-state index in [9.17, 15) is 0 Å². The Kier molecular flexibility index (Phi) is 5.63. The van der Waals surface area contributed by atoms with Gasteiger partial charge >= 0.3 is 0 Å². The van der Waals surface area contributed by atoms with Crippen molar-refractivity contribution in [2.24, 2.45) is 9.98 Å². The first kappa shape index (κ1) is 9.08. The van der Waals surface area contributed by atoms with E-state index in [-0.39, 0.29) is 0 Å². The van der Waals surface area contributed by atoms with Crippen molar-refractivity contribution in [1.82, 2.24) is 0 Å². The van der Waals surface area contributed by atoms with E-state index in [2.05, 4.69) is 23.6 Å². The summed E-state index contributed by atoms with van der Waals surface area (Å²) in [7, 11) is 0. The lowest BCUT2D eigenvalue weighted by atomic mass is 10.4. The van der Waals surface area contributed by atoms with Gasteiger partial charge in [0.05, 0.1) is 0 Å². The molecule has 0 fully saturated rings. The highest BCUT2D eigenvalue weighted by molar-refractivity contribution is 5.86. The average molecular weight is 138 g/mol. The zero-order chi connectivity index (χ0) is 7.82. The molecule has 0 heterocycles. The molecule has 0 aliphatic heterocycles. The molecule has 2 nitrogen and oxygen atoms in total. The zero-order valence-electron chi connectivity index (χ0n) is 6.67. The van der Waals surface area contributed by atoms with Gasteiger partial charge < -0.3 is 0 Å². The van der Waals surface area contributed by atoms with Gasteiger partial charge in [-0.1, -0.05) is 19.9 Å². The van der Waals surface area contributed by atoms with Crippen molar-refractivity contribution in [3.63, 3.8) is 0 Å². The van der Waals surface area contributed by atoms with Gasteiger partial charge in [-0.25, -0.2) is 9.98 Å². The molecular formula is C8H14N2. The second-order valence-corrected chi connectivity index (χ2v) is 1.85. The molecule has 10 heavy (non-hydrogen) atoms. The van der Waals surface area contributed by atoms with Gasteiger partial charge in [0.2, 0.25) is 0 Å². The van der Waals surface area contributed by atoms with E-state index in [0.29, 0.717) is 0 Å². The molecule has 0 amide bonds. The summed E-state index contributed by atoms with van der Waals surface area (Å²) in [5.74, 6) is 0.796. The van der Waals surface area contributed by atoms with Crippen molar-refractivity contribution in [1.29, 1.82) is 0 Å². The van der Waals surface area contributed by atoms with Crippen LogP contribution in [0.15, 0.2) is 22.3 Å². The number of amidine groups is 1. The van der Waals surface area contributed by atoms with Crippen molar-refractivity contribution in [3.05, 3.63) is 12.3 Å². The van der Waals surface area contributed by atoms with Crippen LogP contribution in [0, 0.1) is 0 Å². The molecule has 0 aromatic heterocycles. The Balaban J connectivity index is 3.85. The third kappa shape index (κ3) is 4.01. The normalized spacial score (nSPS) is 12.4. The Labute approximate surface area is 62.4 Å². The highest BCUT2D eigenvalue weighted by atomic mass is 14.9. The average Bonchev–Trinajstić information content (AvgIpc) is 1.99. The molecule has 2 heteroatoms. The predicted molar refractivity (Wildman–Crippen MR) is 46.7 cm³/mol. The molecule has 0 saturated carbocycles. The van der Waals surface area contributed by atoms with Crippen LogP contribution in [0.5, 0.6) is 0 Å². The van der Waals surface area contributed by atoms with Gasteiger partial charge in [-0.3, -0.25) is 0 Å². The van der Waals surface area contributed by atoms with E-state index in [4.69, 9.17) is 0 Å². The summed E-state index contributed by atoms with van der Waals surface area (Å²) in [4.78, 5) is 7.78. The van der Waals surface area contributed by atoms with Gasteiger partial charge in [0.25, 0.3) is 0 Å². The minimum Gasteiger partial charge on any atom is -0.249 e. The summed E-state index contributed by atoms with van der Waals surface area (Å²) in [5, 5.41) is 0. The lowest BCUT2D eigenvalue weighted by Gasteiger charge is -1.88. The van der Waals surface area contributed by atoms with E-state index in [0.717, 1.165) is 18.7 Å². The Morgan fingerprint density at radius 2 is 2.20 bits per heavy atom. The van der Waals surface area contributed by atoms with Crippen LogP contribution < -0.4 is 0 Å². The minimum absolute atomic E-state index is 0.796. The molecule has 0 unspecified atom stereocenters. The smallest absolute Gasteiger partial charge is 0.127 e. The first-order valence-corrected chi connectivity index (χ1v) is 3.53. The Morgan fingerprint density at radius 3 is 2.60 bits per heavy atom. The van der Waals surface area contributed by atoms with Crippen LogP contribution in [0.25, 0.3) is 0 Å². The van der Waals surface area contributed by atoms with Crippen molar-refractivity contribution in [2.75, 3.05) is 0 Å². The number of hydrogen-bond donors (Lipinski definition) is 0. The van der Waals surface area contributed by atoms with Crippen LogP contribution >= 0.6 is 0 Å². The van der Waals surface area contributed by atoms with Gasteiger partial charge in [0.1, 0.15) is 5.84 Å². The summed E-state index contributed by atoms with van der Waals surface area (Å²) >= 11 is 0. The number of hydrogen-bond acceptors (Lipinski definition) is 1. The molecule has 0 radical (unpaired) electrons. The van der Waals surface area contributed by atoms with Crippen molar-refractivity contribution >= 4 is 12.6 Å². The van der Waals surface area contributed by atoms with Crippen molar-refractivity contribution < 1.29 is 0 Å². The highest BCUT2D eigenvalue weighted by Crippen LogP contribution is 1.88. The predicted octanol–water partition coefficient (Wildman–Crippen LogP) is 2.42. The van der Waals surface area contributed by atoms with Crippen LogP contribution in [-0.4, -0.2) is 12.6 Å². The fraction of sp³-hybridized carbons (Fsp3) is 0.500. The molecule has 0 atom stereocenters. The first-order valence-electron chi connectivity index (χ1n) is 3.53. The van der Waals surface area contributed by atoms with Crippen LogP contribution in [0.2, 0.25) is 0 Å². The van der Waals surface area contributed by atoms with Gasteiger partial charge in [-0.2, -0.15) is 0 Å². The number of aliphatic imine (C=N–C) groups is 2. The standard InChI is InChI=1S/C8H14N2/c1-4-6-7-10-8(5-2)9-3/h6-7H,3-5H2,1-2H3/b7-6-,10-8-. The Hall–Kier alpha value is -0.920. The van der Waals surface area contributed by atoms with Crippen LogP contribution in [0.1, 0.15) is 26.7 Å². The van der Waals surface area contributed by atoms with E-state index < -0.39 is 0 Å². The van der Waals surface area contributed by atoms with Crippen LogP contribution in [-0.2, 0) is 0 Å². The number of rotatable bonds is 3. The molecule has 0 bridgehead atoms. The molecule has 0 aliphatic rings. The minimum atomic E-state index is 0.796. The quantitative estimate of drug-likeness (QED) is 0.422. The zero-order valence-corrected chi connectivity index (χ0v) is 6.67. The van der Waals surface area contributed by atoms with Crippen molar-refractivity contribution in [2.45, 2.75) is 26.7 Å². The summed E-state index contributed by atoms with van der Waals surface area (Å²) in [6.45, 7) is 7.47. The van der Waals surface area contributed by atoms with Gasteiger partial charge in [0.15, 0.2) is 0 Å². The molecule has 0 aromatic carbocycles. The summed E-state index contributed by atoms with van der Waals surface area (Å²) in [5.41, 5.74) is 0. The second-order valence-electron chi connectivity index (χ2n) is 1.85. The van der Waals surface area contributed by atoms with E-state index in [1.54, 1.807) is 6.20 Å². The molecular weight excluding hydrogens is 124 g/mol. The molecule has 0 N–H and O–H groups in total. The van der Waals surface area contributed by atoms with Crippen LogP contribution in [0.3, 0.4) is 0 Å². The summed E-state index contributed by atoms with van der Waals surface area (Å²) in [6.07, 6.45) is 5.61. The molecule has 0 saturated heterocycles. The maximum absolute atomic E-state index is 4.06. The lowest BCUT2D eigenvalue weighted by molar-refractivity contribution is 1.19. The van der Waals surface area contributed by atoms with E-state index in [1.807, 2.05) is 13.0 Å². The van der Waals surface area contributed by atoms with Gasteiger partial charge in [0, 0.05) is 12.6 Å². The fourth-order valence-corrected chi connectivity index (χ4v) is 0.488. The fourth-order valence-electron chi connectivity index (χ4n) is 0.488. The monoisotopic (exact) mass is 138 g/mol. The van der Waals surface area contributed by atoms with Gasteiger partial charge in [-0.05, 0) is 13.1 Å². The van der Waals surface area contributed by atoms with E-state index in [1.165, 1.54) is 0 Å². The Morgan fingerprint density at radius 1 is 1.50 bits per heavy atom. The third-order valence-corrected chi connectivity index (χ3v) is 1.06. The molecule has 0 aromatic rings. The van der Waals surface area contributed by atoms with Crippen molar-refractivity contribution in [3.8, 4) is 0 Å². The SMILES string of the molecule is C=N/C(CC)=N\C=C/CC. The van der Waals surface area contributed by atoms with Gasteiger partial charge in [-0.15, -0.1) is 0 Å². The summed E-state index contributed by atoms with van der Waals surface area (Å²) in [6, 6.07) is 0. The summed E-state index contributed by atoms with van der Waals surface area (Å²) < 4.78 is 0. The number of nitrogens with zero attached hydrogens (tertiary/aromatic N) is 2. The second kappa shape index (κ2) is 6.20. The molecule has 56 valence electrons.